The van der Waals surface area contributed by atoms with Crippen LogP contribution in [0.4, 0.5) is 0 Å². The number of hydrogen-bond donors (Lipinski definition) is 1. The van der Waals surface area contributed by atoms with Gasteiger partial charge in [-0.2, -0.15) is 9.97 Å². The average molecular weight is 260 g/mol. The van der Waals surface area contributed by atoms with Crippen molar-refractivity contribution in [2.75, 3.05) is 14.2 Å². The van der Waals surface area contributed by atoms with E-state index in [-0.39, 0.29) is 5.56 Å². The van der Waals surface area contributed by atoms with Gasteiger partial charge in [0.2, 0.25) is 11.8 Å². The largest absolute Gasteiger partial charge is 0.481 e. The number of nitrogens with zero attached hydrogens (tertiary/aromatic N) is 2. The second-order valence-corrected chi connectivity index (χ2v) is 3.66. The minimum Gasteiger partial charge on any atom is -0.481 e. The molecular weight excluding hydrogens is 248 g/mol. The highest BCUT2D eigenvalue weighted by Gasteiger charge is 2.09. The van der Waals surface area contributed by atoms with Crippen molar-refractivity contribution in [3.05, 3.63) is 35.9 Å². The summed E-state index contributed by atoms with van der Waals surface area (Å²) in [4.78, 5) is 19.1. The van der Waals surface area contributed by atoms with Crippen LogP contribution in [-0.4, -0.2) is 35.3 Å². The molecule has 0 spiro atoms. The van der Waals surface area contributed by atoms with E-state index in [2.05, 4.69) is 9.97 Å². The van der Waals surface area contributed by atoms with Crippen molar-refractivity contribution in [1.29, 1.82) is 0 Å². The number of carboxylic acid groups (broad SMARTS) is 1. The number of aromatic nitrogens is 2. The summed E-state index contributed by atoms with van der Waals surface area (Å²) in [5, 5.41) is 8.84. The van der Waals surface area contributed by atoms with E-state index >= 15 is 0 Å². The van der Waals surface area contributed by atoms with Crippen LogP contribution in [0.15, 0.2) is 30.3 Å². The Morgan fingerprint density at radius 1 is 1.05 bits per heavy atom. The topological polar surface area (TPSA) is 81.5 Å². The van der Waals surface area contributed by atoms with E-state index in [9.17, 15) is 4.79 Å². The molecule has 6 nitrogen and oxygen atoms in total. The molecule has 0 radical (unpaired) electrons. The second-order valence-electron chi connectivity index (χ2n) is 3.66. The molecule has 0 atom stereocenters. The summed E-state index contributed by atoms with van der Waals surface area (Å²) in [5.41, 5.74) is 0.890. The van der Waals surface area contributed by atoms with Crippen LogP contribution in [0.5, 0.6) is 11.8 Å². The molecule has 2 aromatic rings. The second kappa shape index (κ2) is 5.34. The lowest BCUT2D eigenvalue weighted by Gasteiger charge is -2.06. The van der Waals surface area contributed by atoms with Crippen molar-refractivity contribution in [3.63, 3.8) is 0 Å². The van der Waals surface area contributed by atoms with E-state index in [0.717, 1.165) is 0 Å². The lowest BCUT2D eigenvalue weighted by atomic mass is 10.1. The average Bonchev–Trinajstić information content (AvgIpc) is 2.46. The Labute approximate surface area is 109 Å². The molecule has 0 aliphatic heterocycles. The maximum Gasteiger partial charge on any atom is 0.335 e. The number of methoxy groups -OCH3 is 2. The molecule has 1 aromatic heterocycles. The third-order valence-electron chi connectivity index (χ3n) is 2.49. The monoisotopic (exact) mass is 260 g/mol. The first-order chi connectivity index (χ1) is 9.13. The molecule has 0 saturated carbocycles. The molecule has 1 aromatic carbocycles. The molecule has 0 saturated heterocycles. The summed E-state index contributed by atoms with van der Waals surface area (Å²) in [6.07, 6.45) is 0. The molecule has 0 fully saturated rings. The SMILES string of the molecule is COc1cc(OC)nc(-c2ccc(C(=O)O)cc2)n1. The quantitative estimate of drug-likeness (QED) is 0.903. The van der Waals surface area contributed by atoms with Crippen LogP contribution in [0.3, 0.4) is 0 Å². The fourth-order valence-electron chi connectivity index (χ4n) is 1.50. The van der Waals surface area contributed by atoms with Gasteiger partial charge in [0.25, 0.3) is 0 Å². The molecule has 19 heavy (non-hydrogen) atoms. The highest BCUT2D eigenvalue weighted by molar-refractivity contribution is 5.88. The van der Waals surface area contributed by atoms with Gasteiger partial charge in [0.1, 0.15) is 0 Å². The summed E-state index contributed by atoms with van der Waals surface area (Å²) in [5.74, 6) is 0.192. The normalized spacial score (nSPS) is 10.0. The van der Waals surface area contributed by atoms with E-state index in [1.165, 1.54) is 26.4 Å². The number of rotatable bonds is 4. The fraction of sp³-hybridized carbons (Fsp3) is 0.154. The third kappa shape index (κ3) is 2.79. The van der Waals surface area contributed by atoms with Crippen molar-refractivity contribution in [1.82, 2.24) is 9.97 Å². The molecule has 0 bridgehead atoms. The molecule has 1 N–H and O–H groups in total. The van der Waals surface area contributed by atoms with Gasteiger partial charge in [-0.15, -0.1) is 0 Å². The third-order valence-corrected chi connectivity index (χ3v) is 2.49. The molecule has 0 aliphatic carbocycles. The molecule has 0 unspecified atom stereocenters. The van der Waals surface area contributed by atoms with Crippen LogP contribution in [0, 0.1) is 0 Å². The lowest BCUT2D eigenvalue weighted by Crippen LogP contribution is -1.98. The minimum absolute atomic E-state index is 0.207. The van der Waals surface area contributed by atoms with Gasteiger partial charge in [-0.25, -0.2) is 4.79 Å². The fourth-order valence-corrected chi connectivity index (χ4v) is 1.50. The van der Waals surface area contributed by atoms with Gasteiger partial charge < -0.3 is 14.6 Å². The van der Waals surface area contributed by atoms with Crippen molar-refractivity contribution in [3.8, 4) is 23.1 Å². The summed E-state index contributed by atoms with van der Waals surface area (Å²) >= 11 is 0. The Morgan fingerprint density at radius 3 is 2.00 bits per heavy atom. The first-order valence-electron chi connectivity index (χ1n) is 5.45. The van der Waals surface area contributed by atoms with Gasteiger partial charge in [-0.3, -0.25) is 0 Å². The molecule has 98 valence electrons. The molecule has 1 heterocycles. The van der Waals surface area contributed by atoms with Crippen LogP contribution in [0.25, 0.3) is 11.4 Å². The highest BCUT2D eigenvalue weighted by Crippen LogP contribution is 2.22. The van der Waals surface area contributed by atoms with Crippen LogP contribution in [0.1, 0.15) is 10.4 Å². The summed E-state index contributed by atoms with van der Waals surface area (Å²) < 4.78 is 10.1. The minimum atomic E-state index is -0.976. The lowest BCUT2D eigenvalue weighted by molar-refractivity contribution is 0.0697. The van der Waals surface area contributed by atoms with Gasteiger partial charge in [0.05, 0.1) is 25.8 Å². The van der Waals surface area contributed by atoms with Crippen LogP contribution < -0.4 is 9.47 Å². The zero-order chi connectivity index (χ0) is 13.8. The van der Waals surface area contributed by atoms with Gasteiger partial charge in [0.15, 0.2) is 5.82 Å². The smallest absolute Gasteiger partial charge is 0.335 e. The predicted octanol–water partition coefficient (Wildman–Crippen LogP) is 1.86. The van der Waals surface area contributed by atoms with Crippen molar-refractivity contribution < 1.29 is 19.4 Å². The Bertz CT molecular complexity index is 574. The maximum absolute atomic E-state index is 10.8. The van der Waals surface area contributed by atoms with Gasteiger partial charge in [-0.05, 0) is 12.1 Å². The van der Waals surface area contributed by atoms with Crippen molar-refractivity contribution >= 4 is 5.97 Å². The van der Waals surface area contributed by atoms with E-state index < -0.39 is 5.97 Å². The van der Waals surface area contributed by atoms with Crippen molar-refractivity contribution in [2.24, 2.45) is 0 Å². The molecule has 2 rings (SSSR count). The number of ether oxygens (including phenoxy) is 2. The Balaban J connectivity index is 2.42. The first-order valence-corrected chi connectivity index (χ1v) is 5.45. The maximum atomic E-state index is 10.8. The molecular formula is C13H12N2O4. The highest BCUT2D eigenvalue weighted by atomic mass is 16.5. The first kappa shape index (κ1) is 12.8. The van der Waals surface area contributed by atoms with E-state index in [1.807, 2.05) is 0 Å². The van der Waals surface area contributed by atoms with E-state index in [1.54, 1.807) is 18.2 Å². The van der Waals surface area contributed by atoms with Gasteiger partial charge >= 0.3 is 5.97 Å². The molecule has 0 amide bonds. The summed E-state index contributed by atoms with van der Waals surface area (Å²) in [7, 11) is 3.00. The van der Waals surface area contributed by atoms with E-state index in [4.69, 9.17) is 14.6 Å². The summed E-state index contributed by atoms with van der Waals surface area (Å²) in [6.45, 7) is 0. The Kier molecular flexibility index (Phi) is 3.61. The van der Waals surface area contributed by atoms with Gasteiger partial charge in [-0.1, -0.05) is 12.1 Å². The van der Waals surface area contributed by atoms with Crippen LogP contribution in [-0.2, 0) is 0 Å². The Morgan fingerprint density at radius 2 is 1.58 bits per heavy atom. The van der Waals surface area contributed by atoms with Crippen LogP contribution >= 0.6 is 0 Å². The zero-order valence-corrected chi connectivity index (χ0v) is 10.5. The Hall–Kier alpha value is -2.63. The summed E-state index contributed by atoms with van der Waals surface area (Å²) in [6, 6.07) is 7.82. The number of carbonyl (C=O) groups is 1. The van der Waals surface area contributed by atoms with E-state index in [0.29, 0.717) is 23.1 Å². The number of benzene rings is 1. The zero-order valence-electron chi connectivity index (χ0n) is 10.5. The number of hydrogen-bond acceptors (Lipinski definition) is 5. The number of aromatic carboxylic acids is 1. The van der Waals surface area contributed by atoms with Crippen molar-refractivity contribution in [2.45, 2.75) is 0 Å². The predicted molar refractivity (Wildman–Crippen MR) is 67.5 cm³/mol. The van der Waals surface area contributed by atoms with Crippen LogP contribution in [0.2, 0.25) is 0 Å². The number of carboxylic acids is 1. The van der Waals surface area contributed by atoms with Gasteiger partial charge in [0, 0.05) is 5.56 Å². The molecule has 6 heteroatoms. The molecule has 0 aliphatic rings. The standard InChI is InChI=1S/C13H12N2O4/c1-18-10-7-11(19-2)15-12(14-10)8-3-5-9(6-4-8)13(16)17/h3-7H,1-2H3,(H,16,17).